The maximum atomic E-state index is 13.2. The number of aromatic nitrogens is 3. The van der Waals surface area contributed by atoms with Crippen LogP contribution >= 0.6 is 0 Å². The minimum absolute atomic E-state index is 0.149. The highest BCUT2D eigenvalue weighted by Gasteiger charge is 2.46. The van der Waals surface area contributed by atoms with Crippen molar-refractivity contribution in [3.8, 4) is 0 Å². The van der Waals surface area contributed by atoms with E-state index < -0.39 is 0 Å². The van der Waals surface area contributed by atoms with E-state index >= 15 is 0 Å². The zero-order valence-electron chi connectivity index (χ0n) is 15.5. The van der Waals surface area contributed by atoms with E-state index in [-0.39, 0.29) is 5.41 Å². The van der Waals surface area contributed by atoms with Crippen LogP contribution in [0, 0.1) is 5.41 Å². The summed E-state index contributed by atoms with van der Waals surface area (Å²) in [5.41, 5.74) is 2.20. The number of imidazole rings is 1. The molecular formula is C20H27N5O. The third-order valence-corrected chi connectivity index (χ3v) is 6.04. The molecule has 6 heteroatoms. The fourth-order valence-corrected chi connectivity index (χ4v) is 4.39. The number of carbonyl (C=O) groups is 1. The highest BCUT2D eigenvalue weighted by Crippen LogP contribution is 2.42. The molecule has 1 atom stereocenters. The van der Waals surface area contributed by atoms with Gasteiger partial charge in [-0.1, -0.05) is 6.07 Å². The van der Waals surface area contributed by atoms with Gasteiger partial charge in [-0.15, -0.1) is 0 Å². The summed E-state index contributed by atoms with van der Waals surface area (Å²) in [5.74, 6) is 0.351. The van der Waals surface area contributed by atoms with E-state index in [9.17, 15) is 4.79 Å². The normalized spacial score (nSPS) is 24.3. The zero-order valence-corrected chi connectivity index (χ0v) is 15.5. The fourth-order valence-electron chi connectivity index (χ4n) is 4.39. The molecule has 0 bridgehead atoms. The summed E-state index contributed by atoms with van der Waals surface area (Å²) in [5, 5.41) is 0. The van der Waals surface area contributed by atoms with E-state index in [4.69, 9.17) is 0 Å². The van der Waals surface area contributed by atoms with Gasteiger partial charge in [0.15, 0.2) is 0 Å². The van der Waals surface area contributed by atoms with Crippen molar-refractivity contribution in [2.24, 2.45) is 12.5 Å². The van der Waals surface area contributed by atoms with Gasteiger partial charge >= 0.3 is 0 Å². The second-order valence-corrected chi connectivity index (χ2v) is 7.74. The molecule has 1 spiro atoms. The van der Waals surface area contributed by atoms with Crippen molar-refractivity contribution in [2.45, 2.75) is 38.8 Å². The predicted octanol–water partition coefficient (Wildman–Crippen LogP) is 2.22. The summed E-state index contributed by atoms with van der Waals surface area (Å²) in [6.45, 7) is 4.52. The van der Waals surface area contributed by atoms with Crippen molar-refractivity contribution in [1.82, 2.24) is 24.3 Å². The number of carbonyl (C=O) groups excluding carboxylic acids is 1. The molecule has 6 nitrogen and oxygen atoms in total. The van der Waals surface area contributed by atoms with E-state index in [2.05, 4.69) is 19.4 Å². The summed E-state index contributed by atoms with van der Waals surface area (Å²) < 4.78 is 2.08. The molecule has 4 rings (SSSR count). The Labute approximate surface area is 154 Å². The summed E-state index contributed by atoms with van der Waals surface area (Å²) in [6, 6.07) is 3.99. The van der Waals surface area contributed by atoms with Gasteiger partial charge in [0.1, 0.15) is 0 Å². The van der Waals surface area contributed by atoms with Crippen LogP contribution in [0.15, 0.2) is 37.1 Å². The molecule has 2 aromatic heterocycles. The van der Waals surface area contributed by atoms with Crippen LogP contribution in [-0.4, -0.2) is 49.9 Å². The Hall–Kier alpha value is -2.21. The summed E-state index contributed by atoms with van der Waals surface area (Å²) in [7, 11) is 2.04. The maximum absolute atomic E-state index is 13.2. The molecule has 2 fully saturated rings. The second-order valence-electron chi connectivity index (χ2n) is 7.74. The van der Waals surface area contributed by atoms with Crippen LogP contribution in [0.1, 0.15) is 36.9 Å². The summed E-state index contributed by atoms with van der Waals surface area (Å²) in [4.78, 5) is 26.1. The first-order chi connectivity index (χ1) is 12.7. The van der Waals surface area contributed by atoms with Gasteiger partial charge in [-0.25, -0.2) is 4.98 Å². The number of likely N-dealkylation sites (tertiary alicyclic amines) is 2. The maximum Gasteiger partial charge on any atom is 0.229 e. The lowest BCUT2D eigenvalue weighted by atomic mass is 9.79. The first-order valence-electron chi connectivity index (χ1n) is 9.52. The van der Waals surface area contributed by atoms with Gasteiger partial charge < -0.3 is 9.47 Å². The van der Waals surface area contributed by atoms with Crippen molar-refractivity contribution >= 4 is 5.91 Å². The van der Waals surface area contributed by atoms with E-state index in [0.29, 0.717) is 12.5 Å². The number of rotatable bonds is 4. The van der Waals surface area contributed by atoms with Crippen molar-refractivity contribution in [1.29, 1.82) is 0 Å². The molecule has 2 aromatic rings. The van der Waals surface area contributed by atoms with Crippen LogP contribution < -0.4 is 0 Å². The minimum atomic E-state index is -0.149. The lowest BCUT2D eigenvalue weighted by molar-refractivity contribution is -0.137. The molecule has 0 aromatic carbocycles. The van der Waals surface area contributed by atoms with E-state index in [1.54, 1.807) is 6.20 Å². The molecule has 26 heavy (non-hydrogen) atoms. The fraction of sp³-hybridized carbons (Fsp3) is 0.550. The average Bonchev–Trinajstić information content (AvgIpc) is 3.10. The molecule has 2 saturated heterocycles. The molecule has 0 saturated carbocycles. The Kier molecular flexibility index (Phi) is 4.76. The van der Waals surface area contributed by atoms with Crippen LogP contribution in [0.3, 0.4) is 0 Å². The van der Waals surface area contributed by atoms with Gasteiger partial charge in [-0.05, 0) is 50.4 Å². The SMILES string of the molecule is Cn1cncc1CN1CCC[C@@]2(CC1)CCN(Cc1cccnc1)C2=O. The van der Waals surface area contributed by atoms with Crippen LogP contribution in [0.2, 0.25) is 0 Å². The lowest BCUT2D eigenvalue weighted by Gasteiger charge is -2.27. The molecule has 0 unspecified atom stereocenters. The molecule has 0 aliphatic carbocycles. The van der Waals surface area contributed by atoms with Crippen LogP contribution in [0.25, 0.3) is 0 Å². The van der Waals surface area contributed by atoms with Crippen molar-refractivity contribution in [3.05, 3.63) is 48.3 Å². The molecular weight excluding hydrogens is 326 g/mol. The molecule has 2 aliphatic rings. The van der Waals surface area contributed by atoms with E-state index in [1.807, 2.05) is 42.8 Å². The molecule has 0 N–H and O–H groups in total. The number of nitrogens with zero attached hydrogens (tertiary/aromatic N) is 5. The molecule has 2 aliphatic heterocycles. The molecule has 0 radical (unpaired) electrons. The van der Waals surface area contributed by atoms with Gasteiger partial charge in [0.05, 0.1) is 17.4 Å². The van der Waals surface area contributed by atoms with Crippen molar-refractivity contribution < 1.29 is 4.79 Å². The second kappa shape index (κ2) is 7.19. The largest absolute Gasteiger partial charge is 0.338 e. The lowest BCUT2D eigenvalue weighted by Crippen LogP contribution is -2.35. The quantitative estimate of drug-likeness (QED) is 0.846. The summed E-state index contributed by atoms with van der Waals surface area (Å²) >= 11 is 0. The summed E-state index contributed by atoms with van der Waals surface area (Å²) in [6.07, 6.45) is 11.5. The third kappa shape index (κ3) is 3.38. The number of pyridine rings is 1. The van der Waals surface area contributed by atoms with Gasteiger partial charge in [0.2, 0.25) is 5.91 Å². The van der Waals surface area contributed by atoms with Gasteiger partial charge in [0.25, 0.3) is 0 Å². The van der Waals surface area contributed by atoms with Crippen LogP contribution in [0.5, 0.6) is 0 Å². The number of hydrogen-bond acceptors (Lipinski definition) is 4. The van der Waals surface area contributed by atoms with Crippen molar-refractivity contribution in [3.63, 3.8) is 0 Å². The standard InChI is InChI=1S/C20H27N5O/c1-23-16-22-13-18(23)15-24-9-3-5-20(6-10-24)7-11-25(19(20)26)14-17-4-2-8-21-12-17/h2,4,8,12-13,16H,3,5-7,9-11,14-15H2,1H3/t20-/m1/s1. The highest BCUT2D eigenvalue weighted by molar-refractivity contribution is 5.84. The van der Waals surface area contributed by atoms with E-state index in [0.717, 1.165) is 57.4 Å². The monoisotopic (exact) mass is 353 g/mol. The molecule has 4 heterocycles. The first-order valence-corrected chi connectivity index (χ1v) is 9.52. The first kappa shape index (κ1) is 17.2. The Morgan fingerprint density at radius 1 is 1.08 bits per heavy atom. The smallest absolute Gasteiger partial charge is 0.229 e. The third-order valence-electron chi connectivity index (χ3n) is 6.04. The molecule has 1 amide bonds. The highest BCUT2D eigenvalue weighted by atomic mass is 16.2. The van der Waals surface area contributed by atoms with Gasteiger partial charge in [-0.3, -0.25) is 14.7 Å². The predicted molar refractivity (Wildman–Crippen MR) is 99.0 cm³/mol. The number of hydrogen-bond donors (Lipinski definition) is 0. The molecule has 138 valence electrons. The Bertz CT molecular complexity index is 759. The Morgan fingerprint density at radius 2 is 1.96 bits per heavy atom. The van der Waals surface area contributed by atoms with Gasteiger partial charge in [0, 0.05) is 45.3 Å². The zero-order chi connectivity index (χ0) is 18.0. The topological polar surface area (TPSA) is 54.3 Å². The van der Waals surface area contributed by atoms with Crippen LogP contribution in [-0.2, 0) is 24.9 Å². The Morgan fingerprint density at radius 3 is 2.73 bits per heavy atom. The minimum Gasteiger partial charge on any atom is -0.338 e. The van der Waals surface area contributed by atoms with Gasteiger partial charge in [-0.2, -0.15) is 0 Å². The Balaban J connectivity index is 1.40. The number of aryl methyl sites for hydroxylation is 1. The average molecular weight is 353 g/mol. The van der Waals surface area contributed by atoms with E-state index in [1.165, 1.54) is 5.69 Å². The van der Waals surface area contributed by atoms with Crippen LogP contribution in [0.4, 0.5) is 0 Å². The van der Waals surface area contributed by atoms with Crippen molar-refractivity contribution in [2.75, 3.05) is 19.6 Å². The number of amides is 1.